The van der Waals surface area contributed by atoms with Crippen molar-refractivity contribution in [3.05, 3.63) is 41.5 Å². The summed E-state index contributed by atoms with van der Waals surface area (Å²) in [5, 5.41) is 6.83. The zero-order valence-electron chi connectivity index (χ0n) is 18.4. The van der Waals surface area contributed by atoms with Crippen LogP contribution in [0.5, 0.6) is 0 Å². The van der Waals surface area contributed by atoms with Crippen LogP contribution in [0.25, 0.3) is 0 Å². The van der Waals surface area contributed by atoms with E-state index in [1.54, 1.807) is 7.11 Å². The molecular formula is C23H32N6OS. The fraction of sp³-hybridized carbons (Fsp3) is 0.522. The van der Waals surface area contributed by atoms with E-state index < -0.39 is 0 Å². The van der Waals surface area contributed by atoms with Crippen molar-refractivity contribution in [2.75, 3.05) is 55.0 Å². The van der Waals surface area contributed by atoms with Gasteiger partial charge in [0.1, 0.15) is 11.6 Å². The number of benzene rings is 1. The zero-order valence-corrected chi connectivity index (χ0v) is 19.2. The highest BCUT2D eigenvalue weighted by atomic mass is 32.1. The number of nitrogens with one attached hydrogen (secondary N) is 2. The molecule has 0 spiro atoms. The average molecular weight is 441 g/mol. The third-order valence-electron chi connectivity index (χ3n) is 5.95. The van der Waals surface area contributed by atoms with E-state index in [-0.39, 0.29) is 0 Å². The Labute approximate surface area is 190 Å². The maximum absolute atomic E-state index is 5.43. The molecule has 166 valence electrons. The van der Waals surface area contributed by atoms with Crippen molar-refractivity contribution in [2.24, 2.45) is 5.92 Å². The molecule has 0 radical (unpaired) electrons. The zero-order chi connectivity index (χ0) is 21.6. The van der Waals surface area contributed by atoms with E-state index in [9.17, 15) is 0 Å². The molecule has 1 atom stereocenters. The van der Waals surface area contributed by atoms with Crippen LogP contribution < -0.4 is 20.4 Å². The summed E-state index contributed by atoms with van der Waals surface area (Å²) in [5.41, 5.74) is 2.80. The first-order valence-corrected chi connectivity index (χ1v) is 11.5. The highest BCUT2D eigenvalue weighted by Gasteiger charge is 2.22. The minimum absolute atomic E-state index is 0.510. The molecular weight excluding hydrogens is 408 g/mol. The lowest BCUT2D eigenvalue weighted by atomic mass is 10.00. The number of rotatable bonds is 6. The molecule has 1 fully saturated rings. The van der Waals surface area contributed by atoms with Crippen molar-refractivity contribution < 1.29 is 4.74 Å². The van der Waals surface area contributed by atoms with Gasteiger partial charge in [0.2, 0.25) is 5.95 Å². The van der Waals surface area contributed by atoms with E-state index in [0.29, 0.717) is 30.1 Å². The van der Waals surface area contributed by atoms with Gasteiger partial charge in [0, 0.05) is 45.9 Å². The van der Waals surface area contributed by atoms with E-state index >= 15 is 0 Å². The molecule has 1 unspecified atom stereocenters. The third kappa shape index (κ3) is 5.62. The number of hydrogen-bond acceptors (Lipinski definition) is 6. The lowest BCUT2D eigenvalue weighted by Crippen LogP contribution is -2.36. The minimum atomic E-state index is 0.510. The molecule has 1 aromatic heterocycles. The van der Waals surface area contributed by atoms with E-state index in [1.165, 1.54) is 24.0 Å². The van der Waals surface area contributed by atoms with Crippen LogP contribution in [-0.4, -0.2) is 55.0 Å². The summed E-state index contributed by atoms with van der Waals surface area (Å²) < 4.78 is 5.08. The number of hydrogen-bond donors (Lipinski definition) is 2. The molecule has 8 heteroatoms. The Morgan fingerprint density at radius 1 is 1.16 bits per heavy atom. The standard InChI is InChI=1S/C23H32N6OS/c1-17-6-5-11-28(15-17)20-14-21(26-22(25-20)27-23(31)24-10-13-30-2)29-12-9-18-7-3-4-8-19(18)16-29/h3-4,7-8,14,17H,5-6,9-13,15-16H2,1-2H3,(H2,24,25,26,27,31). The highest BCUT2D eigenvalue weighted by Crippen LogP contribution is 2.29. The summed E-state index contributed by atoms with van der Waals surface area (Å²) >= 11 is 5.43. The van der Waals surface area contributed by atoms with Gasteiger partial charge in [-0.15, -0.1) is 0 Å². The molecule has 4 rings (SSSR count). The third-order valence-corrected chi connectivity index (χ3v) is 6.20. The summed E-state index contributed by atoms with van der Waals surface area (Å²) in [6.45, 7) is 7.39. The lowest BCUT2D eigenvalue weighted by molar-refractivity contribution is 0.204. The van der Waals surface area contributed by atoms with Crippen LogP contribution in [0.15, 0.2) is 30.3 Å². The van der Waals surface area contributed by atoms with Gasteiger partial charge in [-0.1, -0.05) is 31.2 Å². The highest BCUT2D eigenvalue weighted by molar-refractivity contribution is 7.80. The molecule has 1 aromatic carbocycles. The van der Waals surface area contributed by atoms with Crippen molar-refractivity contribution in [2.45, 2.75) is 32.7 Å². The number of fused-ring (bicyclic) bond motifs is 1. The maximum Gasteiger partial charge on any atom is 0.232 e. The second-order valence-electron chi connectivity index (χ2n) is 8.42. The first kappa shape index (κ1) is 21.8. The van der Waals surface area contributed by atoms with Gasteiger partial charge < -0.3 is 25.2 Å². The quantitative estimate of drug-likeness (QED) is 0.524. The minimum Gasteiger partial charge on any atom is -0.383 e. The van der Waals surface area contributed by atoms with Crippen LogP contribution in [0.1, 0.15) is 30.9 Å². The first-order valence-electron chi connectivity index (χ1n) is 11.1. The van der Waals surface area contributed by atoms with Crippen molar-refractivity contribution in [1.82, 2.24) is 15.3 Å². The molecule has 1 saturated heterocycles. The molecule has 2 N–H and O–H groups in total. The predicted octanol–water partition coefficient (Wildman–Crippen LogP) is 3.21. The van der Waals surface area contributed by atoms with Gasteiger partial charge in [0.25, 0.3) is 0 Å². The number of ether oxygens (including phenoxy) is 1. The summed E-state index contributed by atoms with van der Waals surface area (Å²) in [6, 6.07) is 10.8. The number of anilines is 3. The van der Waals surface area contributed by atoms with E-state index in [4.69, 9.17) is 26.9 Å². The number of thiocarbonyl (C=S) groups is 1. The molecule has 31 heavy (non-hydrogen) atoms. The largest absolute Gasteiger partial charge is 0.383 e. The van der Waals surface area contributed by atoms with E-state index in [2.05, 4.69) is 57.7 Å². The van der Waals surface area contributed by atoms with Gasteiger partial charge in [-0.25, -0.2) is 0 Å². The Morgan fingerprint density at radius 3 is 2.71 bits per heavy atom. The number of methoxy groups -OCH3 is 1. The molecule has 2 aliphatic heterocycles. The Hall–Kier alpha value is -2.45. The molecule has 7 nitrogen and oxygen atoms in total. The first-order chi connectivity index (χ1) is 15.1. The van der Waals surface area contributed by atoms with Crippen LogP contribution in [0, 0.1) is 5.92 Å². The molecule has 3 heterocycles. The SMILES string of the molecule is COCCNC(=S)Nc1nc(N2CCc3ccccc3C2)cc(N2CCCC(C)C2)n1. The van der Waals surface area contributed by atoms with Crippen LogP contribution in [0.2, 0.25) is 0 Å². The Balaban J connectivity index is 1.58. The summed E-state index contributed by atoms with van der Waals surface area (Å²) in [5.74, 6) is 3.12. The van der Waals surface area contributed by atoms with Crippen molar-refractivity contribution in [3.8, 4) is 0 Å². The Bertz CT molecular complexity index is 907. The summed E-state index contributed by atoms with van der Waals surface area (Å²) in [7, 11) is 1.67. The van der Waals surface area contributed by atoms with Crippen molar-refractivity contribution >= 4 is 34.9 Å². The van der Waals surface area contributed by atoms with Gasteiger partial charge in [-0.05, 0) is 48.5 Å². The van der Waals surface area contributed by atoms with Crippen molar-refractivity contribution in [1.29, 1.82) is 0 Å². The smallest absolute Gasteiger partial charge is 0.232 e. The Kier molecular flexibility index (Phi) is 7.19. The van der Waals surface area contributed by atoms with E-state index in [1.807, 2.05) is 0 Å². The second kappa shape index (κ2) is 10.2. The van der Waals surface area contributed by atoms with Crippen LogP contribution in [0.3, 0.4) is 0 Å². The van der Waals surface area contributed by atoms with Gasteiger partial charge in [-0.3, -0.25) is 0 Å². The lowest BCUT2D eigenvalue weighted by Gasteiger charge is -2.34. The van der Waals surface area contributed by atoms with Crippen LogP contribution in [0.4, 0.5) is 17.6 Å². The Morgan fingerprint density at radius 2 is 1.94 bits per heavy atom. The number of nitrogens with zero attached hydrogens (tertiary/aromatic N) is 4. The fourth-order valence-electron chi connectivity index (χ4n) is 4.30. The van der Waals surface area contributed by atoms with Gasteiger partial charge in [0.05, 0.1) is 6.61 Å². The van der Waals surface area contributed by atoms with Gasteiger partial charge in [-0.2, -0.15) is 9.97 Å². The fourth-order valence-corrected chi connectivity index (χ4v) is 4.50. The molecule has 2 aromatic rings. The number of piperidine rings is 1. The van der Waals surface area contributed by atoms with Gasteiger partial charge in [0.15, 0.2) is 5.11 Å². The number of aromatic nitrogens is 2. The van der Waals surface area contributed by atoms with Crippen molar-refractivity contribution in [3.63, 3.8) is 0 Å². The topological polar surface area (TPSA) is 65.6 Å². The maximum atomic E-state index is 5.43. The summed E-state index contributed by atoms with van der Waals surface area (Å²) in [6.07, 6.45) is 3.49. The average Bonchev–Trinajstić information content (AvgIpc) is 2.78. The van der Waals surface area contributed by atoms with Crippen LogP contribution in [-0.2, 0) is 17.7 Å². The summed E-state index contributed by atoms with van der Waals surface area (Å²) in [4.78, 5) is 14.4. The molecule has 0 amide bonds. The monoisotopic (exact) mass is 440 g/mol. The normalized spacial score (nSPS) is 18.5. The second-order valence-corrected chi connectivity index (χ2v) is 8.82. The van der Waals surface area contributed by atoms with E-state index in [0.717, 1.165) is 44.2 Å². The molecule has 2 aliphatic rings. The molecule has 0 saturated carbocycles. The molecule has 0 aliphatic carbocycles. The van der Waals surface area contributed by atoms with Gasteiger partial charge >= 0.3 is 0 Å². The van der Waals surface area contributed by atoms with Crippen LogP contribution >= 0.6 is 12.2 Å². The predicted molar refractivity (Wildman–Crippen MR) is 130 cm³/mol. The molecule has 0 bridgehead atoms.